The molecule has 0 fully saturated rings. The van der Waals surface area contributed by atoms with Crippen molar-refractivity contribution in [1.29, 1.82) is 0 Å². The highest BCUT2D eigenvalue weighted by Gasteiger charge is 2.50. The number of rotatable bonds is 2. The molecule has 47 heavy (non-hydrogen) atoms. The Bertz CT molecular complexity index is 2430. The first-order valence-corrected chi connectivity index (χ1v) is 16.4. The van der Waals surface area contributed by atoms with Gasteiger partial charge in [0.15, 0.2) is 0 Å². The van der Waals surface area contributed by atoms with Crippen LogP contribution in [0.5, 0.6) is 0 Å². The van der Waals surface area contributed by atoms with E-state index in [0.717, 1.165) is 0 Å². The van der Waals surface area contributed by atoms with Crippen molar-refractivity contribution in [1.82, 2.24) is 0 Å². The summed E-state index contributed by atoms with van der Waals surface area (Å²) in [6, 6.07) is 58.1. The summed E-state index contributed by atoms with van der Waals surface area (Å²) in [5.74, 6) is 0. The van der Waals surface area contributed by atoms with E-state index in [4.69, 9.17) is 0 Å². The Hall–Kier alpha value is -5.93. The lowest BCUT2D eigenvalue weighted by atomic mass is 9.29. The predicted octanol–water partition coefficient (Wildman–Crippen LogP) is 6.32. The predicted molar refractivity (Wildman–Crippen MR) is 200 cm³/mol. The molecule has 0 aromatic heterocycles. The Balaban J connectivity index is 1.30. The van der Waals surface area contributed by atoms with E-state index < -0.39 is 0 Å². The fourth-order valence-corrected chi connectivity index (χ4v) is 8.85. The van der Waals surface area contributed by atoms with Crippen molar-refractivity contribution in [3.05, 3.63) is 158 Å². The van der Waals surface area contributed by atoms with Gasteiger partial charge in [-0.1, -0.05) is 121 Å². The van der Waals surface area contributed by atoms with E-state index in [-0.39, 0.29) is 13.4 Å². The SMILES string of the molecule is c1ccc(-c2ccccc2N2c3ccccc3B3c4ccccc4N4c5ccccc5B5c6ccccc6Nc6cc2c3c4c65)cc1. The molecule has 0 bridgehead atoms. The van der Waals surface area contributed by atoms with Gasteiger partial charge in [-0.15, -0.1) is 0 Å². The van der Waals surface area contributed by atoms with Gasteiger partial charge in [-0.3, -0.25) is 0 Å². The van der Waals surface area contributed by atoms with E-state index in [1.54, 1.807) is 0 Å². The Morgan fingerprint density at radius 1 is 0.383 bits per heavy atom. The number of para-hydroxylation sites is 5. The summed E-state index contributed by atoms with van der Waals surface area (Å²) < 4.78 is 0. The molecule has 0 atom stereocenters. The number of nitrogens with zero attached hydrogens (tertiary/aromatic N) is 2. The second kappa shape index (κ2) is 9.31. The molecule has 216 valence electrons. The Morgan fingerprint density at radius 2 is 0.894 bits per heavy atom. The van der Waals surface area contributed by atoms with Crippen LogP contribution < -0.4 is 47.9 Å². The van der Waals surface area contributed by atoms with Crippen LogP contribution in [-0.4, -0.2) is 13.4 Å². The minimum Gasteiger partial charge on any atom is -0.356 e. The summed E-state index contributed by atoms with van der Waals surface area (Å²) in [6.45, 7) is 0.250. The highest BCUT2D eigenvalue weighted by Crippen LogP contribution is 2.48. The molecule has 7 aromatic rings. The van der Waals surface area contributed by atoms with Crippen LogP contribution in [-0.2, 0) is 0 Å². The standard InChI is InChI=1S/C42H27B2N3/c1-2-14-27(15-3-1)28-16-4-10-22-35(28)46-36-23-11-6-18-30(36)44-32-20-8-13-25-38(32)47-37-24-12-7-19-31(37)43-29-17-5-9-21-33(29)45-34-26-39(46)41(44)42(47)40(34)43/h1-26,45H. The van der Waals surface area contributed by atoms with Gasteiger partial charge in [-0.2, -0.15) is 0 Å². The largest absolute Gasteiger partial charge is 0.356 e. The molecule has 4 aliphatic rings. The van der Waals surface area contributed by atoms with Gasteiger partial charge in [0.05, 0.1) is 5.69 Å². The zero-order chi connectivity index (χ0) is 30.6. The molecule has 0 aliphatic carbocycles. The molecule has 0 radical (unpaired) electrons. The molecular formula is C42H27B2N3. The minimum absolute atomic E-state index is 0.108. The van der Waals surface area contributed by atoms with Crippen molar-refractivity contribution in [2.75, 3.05) is 15.1 Å². The van der Waals surface area contributed by atoms with Crippen molar-refractivity contribution < 1.29 is 0 Å². The second-order valence-electron chi connectivity index (χ2n) is 12.9. The lowest BCUT2D eigenvalue weighted by Gasteiger charge is -2.49. The third-order valence-corrected chi connectivity index (χ3v) is 10.6. The van der Waals surface area contributed by atoms with Gasteiger partial charge in [0.2, 0.25) is 0 Å². The summed E-state index contributed by atoms with van der Waals surface area (Å²) in [7, 11) is 0. The maximum absolute atomic E-state index is 3.93. The number of hydrogen-bond acceptors (Lipinski definition) is 3. The molecule has 11 rings (SSSR count). The summed E-state index contributed by atoms with van der Waals surface area (Å²) in [6.07, 6.45) is 0. The Morgan fingerprint density at radius 3 is 1.57 bits per heavy atom. The van der Waals surface area contributed by atoms with Crippen LogP contribution in [0.3, 0.4) is 0 Å². The van der Waals surface area contributed by atoms with Gasteiger partial charge in [0.25, 0.3) is 13.4 Å². The molecule has 0 spiro atoms. The number of anilines is 8. The van der Waals surface area contributed by atoms with Crippen LogP contribution in [0.15, 0.2) is 158 Å². The maximum atomic E-state index is 3.93. The van der Waals surface area contributed by atoms with Crippen molar-refractivity contribution in [2.45, 2.75) is 0 Å². The third-order valence-electron chi connectivity index (χ3n) is 10.6. The third kappa shape index (κ3) is 3.28. The zero-order valence-corrected chi connectivity index (χ0v) is 25.6. The Kier molecular flexibility index (Phi) is 5.01. The number of nitrogens with one attached hydrogen (secondary N) is 1. The normalized spacial score (nSPS) is 14.0. The first-order chi connectivity index (χ1) is 23.4. The van der Waals surface area contributed by atoms with Crippen molar-refractivity contribution in [3.63, 3.8) is 0 Å². The molecule has 4 aliphatic heterocycles. The number of benzene rings is 7. The van der Waals surface area contributed by atoms with E-state index >= 15 is 0 Å². The first-order valence-electron chi connectivity index (χ1n) is 16.4. The molecule has 0 amide bonds. The van der Waals surface area contributed by atoms with E-state index in [1.165, 1.54) is 89.4 Å². The van der Waals surface area contributed by atoms with Crippen LogP contribution in [0.25, 0.3) is 11.1 Å². The van der Waals surface area contributed by atoms with Crippen LogP contribution in [0, 0.1) is 0 Å². The van der Waals surface area contributed by atoms with Crippen LogP contribution >= 0.6 is 0 Å². The average Bonchev–Trinajstić information content (AvgIpc) is 3.14. The average molecular weight is 595 g/mol. The van der Waals surface area contributed by atoms with Crippen LogP contribution in [0.1, 0.15) is 0 Å². The lowest BCUT2D eigenvalue weighted by Crippen LogP contribution is -2.68. The smallest absolute Gasteiger partial charge is 0.252 e. The first kappa shape index (κ1) is 25.3. The fraction of sp³-hybridized carbons (Fsp3) is 0. The molecule has 0 saturated carbocycles. The molecule has 3 nitrogen and oxygen atoms in total. The highest BCUT2D eigenvalue weighted by molar-refractivity contribution is 7.04. The summed E-state index contributed by atoms with van der Waals surface area (Å²) in [5.41, 5.74) is 20.4. The molecule has 1 N–H and O–H groups in total. The van der Waals surface area contributed by atoms with Crippen molar-refractivity contribution >= 4 is 91.7 Å². The molecule has 4 heterocycles. The van der Waals surface area contributed by atoms with Crippen LogP contribution in [0.2, 0.25) is 0 Å². The van der Waals surface area contributed by atoms with Gasteiger partial charge < -0.3 is 15.1 Å². The van der Waals surface area contributed by atoms with Crippen molar-refractivity contribution in [2.24, 2.45) is 0 Å². The Labute approximate surface area is 274 Å². The van der Waals surface area contributed by atoms with E-state index in [2.05, 4.69) is 173 Å². The molecule has 0 unspecified atom stereocenters. The summed E-state index contributed by atoms with van der Waals surface area (Å²) in [4.78, 5) is 5.10. The quantitative estimate of drug-likeness (QED) is 0.236. The molecule has 7 aromatic carbocycles. The topological polar surface area (TPSA) is 18.5 Å². The van der Waals surface area contributed by atoms with E-state index in [1.807, 2.05) is 0 Å². The number of hydrogen-bond donors (Lipinski definition) is 1. The van der Waals surface area contributed by atoms with E-state index in [0.29, 0.717) is 0 Å². The number of fused-ring (bicyclic) bond motifs is 10. The highest BCUT2D eigenvalue weighted by atomic mass is 15.2. The lowest BCUT2D eigenvalue weighted by molar-refractivity contribution is 1.26. The second-order valence-corrected chi connectivity index (χ2v) is 12.9. The summed E-state index contributed by atoms with van der Waals surface area (Å²) >= 11 is 0. The van der Waals surface area contributed by atoms with Gasteiger partial charge in [0, 0.05) is 45.4 Å². The monoisotopic (exact) mass is 595 g/mol. The maximum Gasteiger partial charge on any atom is 0.252 e. The summed E-state index contributed by atoms with van der Waals surface area (Å²) in [5, 5.41) is 3.93. The van der Waals surface area contributed by atoms with Crippen molar-refractivity contribution in [3.8, 4) is 11.1 Å². The molecule has 5 heteroatoms. The molecule has 0 saturated heterocycles. The van der Waals surface area contributed by atoms with Crippen LogP contribution in [0.4, 0.5) is 45.5 Å². The van der Waals surface area contributed by atoms with E-state index in [9.17, 15) is 0 Å². The van der Waals surface area contributed by atoms with Gasteiger partial charge >= 0.3 is 0 Å². The molecular weight excluding hydrogens is 568 g/mol. The van der Waals surface area contributed by atoms with Gasteiger partial charge in [0.1, 0.15) is 0 Å². The minimum atomic E-state index is 0.108. The van der Waals surface area contributed by atoms with Gasteiger partial charge in [-0.05, 0) is 74.7 Å². The fourth-order valence-electron chi connectivity index (χ4n) is 8.85. The zero-order valence-electron chi connectivity index (χ0n) is 25.6. The van der Waals surface area contributed by atoms with Gasteiger partial charge in [-0.25, -0.2) is 0 Å².